The topological polar surface area (TPSA) is 77.7 Å². The number of carbonyl (C=O) groups excluding carboxylic acids is 1. The van der Waals surface area contributed by atoms with E-state index in [0.717, 1.165) is 53.2 Å². The molecule has 1 fully saturated rings. The molecule has 0 bridgehead atoms. The first-order valence-corrected chi connectivity index (χ1v) is 8.86. The van der Waals surface area contributed by atoms with Crippen molar-refractivity contribution in [3.63, 3.8) is 0 Å². The van der Waals surface area contributed by atoms with Gasteiger partial charge in [0.25, 0.3) is 0 Å². The predicted octanol–water partition coefficient (Wildman–Crippen LogP) is 3.46. The molecular weight excluding hydrogens is 338 g/mol. The highest BCUT2D eigenvalue weighted by molar-refractivity contribution is 6.31. The van der Waals surface area contributed by atoms with Gasteiger partial charge in [-0.1, -0.05) is 11.6 Å². The average molecular weight is 358 g/mol. The molecule has 130 valence electrons. The molecule has 2 N–H and O–H groups in total. The molecule has 1 unspecified atom stereocenters. The third kappa shape index (κ3) is 2.91. The van der Waals surface area contributed by atoms with Crippen LogP contribution in [0.4, 0.5) is 0 Å². The second-order valence-electron chi connectivity index (χ2n) is 6.62. The highest BCUT2D eigenvalue weighted by atomic mass is 35.5. The minimum absolute atomic E-state index is 0.00816. The van der Waals surface area contributed by atoms with Gasteiger partial charge < -0.3 is 9.88 Å². The lowest BCUT2D eigenvalue weighted by Gasteiger charge is -2.23. The third-order valence-electron chi connectivity index (χ3n) is 4.96. The summed E-state index contributed by atoms with van der Waals surface area (Å²) in [5.74, 6) is 0.956. The number of carbonyl (C=O) groups is 1. The minimum atomic E-state index is -0.00816. The van der Waals surface area contributed by atoms with Gasteiger partial charge in [-0.2, -0.15) is 5.10 Å². The predicted molar refractivity (Wildman–Crippen MR) is 96.6 cm³/mol. The van der Waals surface area contributed by atoms with E-state index in [9.17, 15) is 4.79 Å². The number of nitrogens with one attached hydrogen (secondary N) is 2. The van der Waals surface area contributed by atoms with Crippen LogP contribution in [-0.2, 0) is 11.2 Å². The second-order valence-corrected chi connectivity index (χ2v) is 7.05. The van der Waals surface area contributed by atoms with Crippen molar-refractivity contribution in [3.8, 4) is 0 Å². The maximum absolute atomic E-state index is 12.9. The Labute approximate surface area is 150 Å². The number of hydrogen-bond donors (Lipinski definition) is 2. The number of aromatic amines is 2. The number of halogens is 1. The van der Waals surface area contributed by atoms with E-state index >= 15 is 0 Å². The number of aromatic nitrogens is 4. The van der Waals surface area contributed by atoms with E-state index in [1.807, 2.05) is 36.9 Å². The second kappa shape index (κ2) is 6.19. The highest BCUT2D eigenvalue weighted by Gasteiger charge is 2.32. The fraction of sp³-hybridized carbons (Fsp3) is 0.389. The molecule has 3 aromatic rings. The Kier molecular flexibility index (Phi) is 4.00. The highest BCUT2D eigenvalue weighted by Crippen LogP contribution is 2.32. The number of nitrogens with zero attached hydrogens (tertiary/aromatic N) is 3. The molecule has 0 aliphatic carbocycles. The van der Waals surface area contributed by atoms with E-state index in [2.05, 4.69) is 20.2 Å². The van der Waals surface area contributed by atoms with Crippen molar-refractivity contribution in [2.45, 2.75) is 39.2 Å². The molecule has 3 heterocycles. The Morgan fingerprint density at radius 2 is 2.24 bits per heavy atom. The SMILES string of the molecule is Cc1n[nH]c(C)c1CC(=O)N1CCCC1c1nc2ccc(Cl)cc2[nH]1. The molecule has 1 aromatic carbocycles. The largest absolute Gasteiger partial charge is 0.340 e. The summed E-state index contributed by atoms with van der Waals surface area (Å²) >= 11 is 6.05. The van der Waals surface area contributed by atoms with Gasteiger partial charge in [0.15, 0.2) is 0 Å². The van der Waals surface area contributed by atoms with Gasteiger partial charge in [0.2, 0.25) is 5.91 Å². The van der Waals surface area contributed by atoms with Crippen LogP contribution in [-0.4, -0.2) is 37.5 Å². The number of benzene rings is 1. The van der Waals surface area contributed by atoms with Crippen LogP contribution in [0.5, 0.6) is 0 Å². The molecule has 1 amide bonds. The Bertz CT molecular complexity index is 925. The lowest BCUT2D eigenvalue weighted by Crippen LogP contribution is -2.32. The fourth-order valence-electron chi connectivity index (χ4n) is 3.60. The molecular formula is C18H20ClN5O. The van der Waals surface area contributed by atoms with Crippen LogP contribution in [0.15, 0.2) is 18.2 Å². The van der Waals surface area contributed by atoms with Crippen LogP contribution >= 0.6 is 11.6 Å². The van der Waals surface area contributed by atoms with Crippen LogP contribution in [0, 0.1) is 13.8 Å². The van der Waals surface area contributed by atoms with E-state index in [1.165, 1.54) is 0 Å². The van der Waals surface area contributed by atoms with Crippen molar-refractivity contribution >= 4 is 28.5 Å². The maximum Gasteiger partial charge on any atom is 0.227 e. The van der Waals surface area contributed by atoms with Gasteiger partial charge in [-0.15, -0.1) is 0 Å². The smallest absolute Gasteiger partial charge is 0.227 e. The van der Waals surface area contributed by atoms with Gasteiger partial charge >= 0.3 is 0 Å². The first-order valence-electron chi connectivity index (χ1n) is 8.48. The van der Waals surface area contributed by atoms with E-state index < -0.39 is 0 Å². The van der Waals surface area contributed by atoms with Crippen molar-refractivity contribution in [2.75, 3.05) is 6.54 Å². The van der Waals surface area contributed by atoms with Gasteiger partial charge in [0, 0.05) is 22.8 Å². The van der Waals surface area contributed by atoms with Crippen molar-refractivity contribution < 1.29 is 4.79 Å². The van der Waals surface area contributed by atoms with Gasteiger partial charge in [-0.05, 0) is 44.9 Å². The summed E-state index contributed by atoms with van der Waals surface area (Å²) in [6.45, 7) is 4.64. The van der Waals surface area contributed by atoms with Crippen LogP contribution in [0.1, 0.15) is 41.7 Å². The van der Waals surface area contributed by atoms with E-state index in [0.29, 0.717) is 11.4 Å². The van der Waals surface area contributed by atoms with E-state index in [1.54, 1.807) is 0 Å². The van der Waals surface area contributed by atoms with Gasteiger partial charge in [-0.3, -0.25) is 9.89 Å². The quantitative estimate of drug-likeness (QED) is 0.753. The third-order valence-corrected chi connectivity index (χ3v) is 5.19. The van der Waals surface area contributed by atoms with Gasteiger partial charge in [-0.25, -0.2) is 4.98 Å². The molecule has 1 atom stereocenters. The molecule has 25 heavy (non-hydrogen) atoms. The number of fused-ring (bicyclic) bond motifs is 1. The van der Waals surface area contributed by atoms with Crippen molar-refractivity contribution in [2.24, 2.45) is 0 Å². The van der Waals surface area contributed by atoms with Crippen molar-refractivity contribution in [1.82, 2.24) is 25.1 Å². The summed E-state index contributed by atoms with van der Waals surface area (Å²) in [6, 6.07) is 5.59. The summed E-state index contributed by atoms with van der Waals surface area (Å²) in [5.41, 5.74) is 4.62. The molecule has 1 aliphatic rings. The Morgan fingerprint density at radius 1 is 1.40 bits per heavy atom. The molecule has 6 nitrogen and oxygen atoms in total. The standard InChI is InChI=1S/C18H20ClN5O/c1-10-13(11(2)23-22-10)9-17(25)24-7-3-4-16(24)18-20-14-6-5-12(19)8-15(14)21-18/h5-6,8,16H,3-4,7,9H2,1-2H3,(H,20,21)(H,22,23). The fourth-order valence-corrected chi connectivity index (χ4v) is 3.77. The molecule has 0 saturated carbocycles. The number of imidazole rings is 1. The summed E-state index contributed by atoms with van der Waals surface area (Å²) in [7, 11) is 0. The number of likely N-dealkylation sites (tertiary alicyclic amines) is 1. The normalized spacial score (nSPS) is 17.6. The molecule has 2 aromatic heterocycles. The number of rotatable bonds is 3. The Balaban J connectivity index is 1.60. The zero-order valence-corrected chi connectivity index (χ0v) is 15.0. The van der Waals surface area contributed by atoms with Crippen LogP contribution < -0.4 is 0 Å². The summed E-state index contributed by atoms with van der Waals surface area (Å²) in [5, 5.41) is 7.80. The number of H-pyrrole nitrogens is 2. The molecule has 1 saturated heterocycles. The number of aryl methyl sites for hydroxylation is 2. The van der Waals surface area contributed by atoms with Crippen LogP contribution in [0.2, 0.25) is 5.02 Å². The van der Waals surface area contributed by atoms with Crippen molar-refractivity contribution in [3.05, 3.63) is 46.0 Å². The number of amides is 1. The summed E-state index contributed by atoms with van der Waals surface area (Å²) in [6.07, 6.45) is 2.27. The molecule has 0 spiro atoms. The lowest BCUT2D eigenvalue weighted by atomic mass is 10.1. The monoisotopic (exact) mass is 357 g/mol. The zero-order chi connectivity index (χ0) is 17.6. The average Bonchev–Trinajstić information content (AvgIpc) is 3.28. The van der Waals surface area contributed by atoms with E-state index in [4.69, 9.17) is 11.6 Å². The molecule has 1 aliphatic heterocycles. The maximum atomic E-state index is 12.9. The Morgan fingerprint density at radius 3 is 3.00 bits per heavy atom. The number of hydrogen-bond acceptors (Lipinski definition) is 3. The first kappa shape index (κ1) is 16.1. The Hall–Kier alpha value is -2.34. The summed E-state index contributed by atoms with van der Waals surface area (Å²) < 4.78 is 0. The van der Waals surface area contributed by atoms with E-state index in [-0.39, 0.29) is 11.9 Å². The van der Waals surface area contributed by atoms with Crippen molar-refractivity contribution in [1.29, 1.82) is 0 Å². The lowest BCUT2D eigenvalue weighted by molar-refractivity contribution is -0.131. The van der Waals surface area contributed by atoms with Crippen LogP contribution in [0.25, 0.3) is 11.0 Å². The molecule has 7 heteroatoms. The first-order chi connectivity index (χ1) is 12.0. The molecule has 0 radical (unpaired) electrons. The minimum Gasteiger partial charge on any atom is -0.340 e. The van der Waals surface area contributed by atoms with Gasteiger partial charge in [0.05, 0.1) is 29.2 Å². The van der Waals surface area contributed by atoms with Crippen LogP contribution in [0.3, 0.4) is 0 Å². The van der Waals surface area contributed by atoms with Gasteiger partial charge in [0.1, 0.15) is 5.82 Å². The summed E-state index contributed by atoms with van der Waals surface area (Å²) in [4.78, 5) is 22.8. The zero-order valence-electron chi connectivity index (χ0n) is 14.3. The molecule has 4 rings (SSSR count).